The van der Waals surface area contributed by atoms with Gasteiger partial charge in [-0.1, -0.05) is 12.1 Å². The van der Waals surface area contributed by atoms with Gasteiger partial charge in [0.2, 0.25) is 0 Å². The summed E-state index contributed by atoms with van der Waals surface area (Å²) in [6, 6.07) is 3.70. The normalized spacial score (nSPS) is 12.7. The Hall–Kier alpha value is -1.14. The average molecular weight is 286 g/mol. The van der Waals surface area contributed by atoms with Gasteiger partial charge in [-0.25, -0.2) is 0 Å². The van der Waals surface area contributed by atoms with Crippen LogP contribution >= 0.6 is 12.4 Å². The fraction of sp³-hybridized carbons (Fsp3) is 0.455. The molecule has 3 N–H and O–H groups in total. The minimum absolute atomic E-state index is 0. The van der Waals surface area contributed by atoms with Crippen molar-refractivity contribution < 1.29 is 23.0 Å². The zero-order valence-electron chi connectivity index (χ0n) is 9.70. The van der Waals surface area contributed by atoms with Crippen molar-refractivity contribution in [3.05, 3.63) is 23.8 Å². The van der Waals surface area contributed by atoms with Crippen molar-refractivity contribution in [3.63, 3.8) is 0 Å². The number of hydrogen-bond donors (Lipinski definition) is 2. The summed E-state index contributed by atoms with van der Waals surface area (Å²) in [6.45, 7) is 0. The van der Waals surface area contributed by atoms with Gasteiger partial charge in [-0.15, -0.1) is 12.4 Å². The molecule has 3 nitrogen and oxygen atoms in total. The van der Waals surface area contributed by atoms with E-state index in [0.29, 0.717) is 0 Å². The lowest BCUT2D eigenvalue weighted by Crippen LogP contribution is -2.16. The molecule has 0 saturated heterocycles. The van der Waals surface area contributed by atoms with Crippen LogP contribution in [0.15, 0.2) is 18.2 Å². The van der Waals surface area contributed by atoms with Crippen LogP contribution in [0.25, 0.3) is 0 Å². The second-order valence-corrected chi connectivity index (χ2v) is 3.66. The fourth-order valence-electron chi connectivity index (χ4n) is 1.48. The standard InChI is InChI=1S/C11H14F3NO2.ClH/c1-17-9-4-2-3-7(10(9)16)8(15)5-6-11(12,13)14;/h2-4,8,16H,5-6,15H2,1H3;1H/t8-;/m1./s1. The summed E-state index contributed by atoms with van der Waals surface area (Å²) in [5, 5.41) is 9.70. The first-order valence-electron chi connectivity index (χ1n) is 5.03. The minimum atomic E-state index is -4.24. The molecule has 1 aromatic carbocycles. The molecule has 1 aromatic rings. The van der Waals surface area contributed by atoms with Gasteiger partial charge >= 0.3 is 6.18 Å². The van der Waals surface area contributed by atoms with Gasteiger partial charge in [0, 0.05) is 18.0 Å². The summed E-state index contributed by atoms with van der Waals surface area (Å²) in [5.41, 5.74) is 5.87. The van der Waals surface area contributed by atoms with E-state index >= 15 is 0 Å². The van der Waals surface area contributed by atoms with Gasteiger partial charge in [0.25, 0.3) is 0 Å². The lowest BCUT2D eigenvalue weighted by Gasteiger charge is -2.16. The van der Waals surface area contributed by atoms with E-state index in [2.05, 4.69) is 0 Å². The number of benzene rings is 1. The third-order valence-corrected chi connectivity index (χ3v) is 2.39. The average Bonchev–Trinajstić information content (AvgIpc) is 2.25. The van der Waals surface area contributed by atoms with Crippen molar-refractivity contribution in [1.29, 1.82) is 0 Å². The van der Waals surface area contributed by atoms with E-state index in [4.69, 9.17) is 10.5 Å². The van der Waals surface area contributed by atoms with Crippen LogP contribution in [0, 0.1) is 0 Å². The number of rotatable bonds is 4. The first-order valence-corrected chi connectivity index (χ1v) is 5.03. The van der Waals surface area contributed by atoms with Crippen LogP contribution in [-0.2, 0) is 0 Å². The molecule has 0 aliphatic heterocycles. The molecule has 0 saturated carbocycles. The lowest BCUT2D eigenvalue weighted by atomic mass is 10.0. The molecule has 7 heteroatoms. The van der Waals surface area contributed by atoms with Crippen molar-refractivity contribution in [2.24, 2.45) is 5.73 Å². The second-order valence-electron chi connectivity index (χ2n) is 3.66. The Bertz CT molecular complexity index is 385. The molecule has 0 spiro atoms. The van der Waals surface area contributed by atoms with Gasteiger partial charge in [0.05, 0.1) is 7.11 Å². The molecule has 0 aliphatic carbocycles. The summed E-state index contributed by atoms with van der Waals surface area (Å²) in [4.78, 5) is 0. The maximum absolute atomic E-state index is 12.0. The molecule has 0 heterocycles. The number of halogens is 4. The molecular weight excluding hydrogens is 271 g/mol. The molecule has 0 bridgehead atoms. The molecule has 1 rings (SSSR count). The summed E-state index contributed by atoms with van der Waals surface area (Å²) in [5.74, 6) is -0.00497. The second kappa shape index (κ2) is 6.70. The Morgan fingerprint density at radius 2 is 2.00 bits per heavy atom. The van der Waals surface area contributed by atoms with Crippen molar-refractivity contribution in [2.45, 2.75) is 25.1 Å². The number of phenols is 1. The van der Waals surface area contributed by atoms with E-state index in [0.717, 1.165) is 0 Å². The highest BCUT2D eigenvalue weighted by atomic mass is 35.5. The number of para-hydroxylation sites is 1. The van der Waals surface area contributed by atoms with Crippen LogP contribution in [0.5, 0.6) is 11.5 Å². The van der Waals surface area contributed by atoms with Crippen molar-refractivity contribution in [3.8, 4) is 11.5 Å². The summed E-state index contributed by atoms with van der Waals surface area (Å²) >= 11 is 0. The maximum atomic E-state index is 12.0. The molecule has 0 aliphatic rings. The maximum Gasteiger partial charge on any atom is 0.389 e. The van der Waals surface area contributed by atoms with Gasteiger partial charge in [0.1, 0.15) is 0 Å². The number of alkyl halides is 3. The molecule has 0 unspecified atom stereocenters. The number of aromatic hydroxyl groups is 1. The molecular formula is C11H15ClF3NO2. The lowest BCUT2D eigenvalue weighted by molar-refractivity contribution is -0.136. The Balaban J connectivity index is 0.00000289. The molecule has 0 aromatic heterocycles. The Morgan fingerprint density at radius 1 is 1.39 bits per heavy atom. The van der Waals surface area contributed by atoms with E-state index in [9.17, 15) is 18.3 Å². The molecule has 0 amide bonds. The van der Waals surface area contributed by atoms with E-state index < -0.39 is 18.6 Å². The monoisotopic (exact) mass is 285 g/mol. The molecule has 1 atom stereocenters. The number of hydrogen-bond acceptors (Lipinski definition) is 3. The number of phenolic OH excluding ortho intramolecular Hbond substituents is 1. The van der Waals surface area contributed by atoms with Gasteiger partial charge in [-0.3, -0.25) is 0 Å². The summed E-state index contributed by atoms with van der Waals surface area (Å²) < 4.78 is 41.0. The van der Waals surface area contributed by atoms with Crippen molar-refractivity contribution in [1.82, 2.24) is 0 Å². The minimum Gasteiger partial charge on any atom is -0.504 e. The van der Waals surface area contributed by atoms with E-state index in [1.165, 1.54) is 19.2 Å². The highest BCUT2D eigenvalue weighted by molar-refractivity contribution is 5.85. The predicted molar refractivity (Wildman–Crippen MR) is 64.1 cm³/mol. The van der Waals surface area contributed by atoms with Crippen LogP contribution in [0.4, 0.5) is 13.2 Å². The number of ether oxygens (including phenoxy) is 1. The van der Waals surface area contributed by atoms with Crippen molar-refractivity contribution >= 4 is 12.4 Å². The van der Waals surface area contributed by atoms with Gasteiger partial charge in [-0.05, 0) is 12.5 Å². The molecule has 104 valence electrons. The quantitative estimate of drug-likeness (QED) is 0.893. The zero-order chi connectivity index (χ0) is 13.1. The smallest absolute Gasteiger partial charge is 0.389 e. The van der Waals surface area contributed by atoms with Gasteiger partial charge in [0.15, 0.2) is 11.5 Å². The topological polar surface area (TPSA) is 55.5 Å². The first kappa shape index (κ1) is 16.9. The number of methoxy groups -OCH3 is 1. The van der Waals surface area contributed by atoms with E-state index in [1.54, 1.807) is 6.07 Å². The summed E-state index contributed by atoms with van der Waals surface area (Å²) in [7, 11) is 1.36. The van der Waals surface area contributed by atoms with Crippen LogP contribution in [0.3, 0.4) is 0 Å². The number of nitrogens with two attached hydrogens (primary N) is 1. The molecule has 0 fully saturated rings. The predicted octanol–water partition coefficient (Wildman–Crippen LogP) is 3.16. The van der Waals surface area contributed by atoms with Crippen LogP contribution in [0.2, 0.25) is 0 Å². The fourth-order valence-corrected chi connectivity index (χ4v) is 1.48. The van der Waals surface area contributed by atoms with E-state index in [-0.39, 0.29) is 35.9 Å². The van der Waals surface area contributed by atoms with E-state index in [1.807, 2.05) is 0 Å². The Kier molecular flexibility index (Phi) is 6.28. The van der Waals surface area contributed by atoms with Gasteiger partial charge < -0.3 is 15.6 Å². The highest BCUT2D eigenvalue weighted by Crippen LogP contribution is 2.35. The summed E-state index contributed by atoms with van der Waals surface area (Å²) in [6.07, 6.45) is -5.50. The SMILES string of the molecule is COc1cccc([C@H](N)CCC(F)(F)F)c1O.Cl. The van der Waals surface area contributed by atoms with Gasteiger partial charge in [-0.2, -0.15) is 13.2 Å². The van der Waals surface area contributed by atoms with Crippen molar-refractivity contribution in [2.75, 3.05) is 7.11 Å². The largest absolute Gasteiger partial charge is 0.504 e. The Morgan fingerprint density at radius 3 is 2.50 bits per heavy atom. The van der Waals surface area contributed by atoms with Crippen LogP contribution < -0.4 is 10.5 Å². The third kappa shape index (κ3) is 4.62. The third-order valence-electron chi connectivity index (χ3n) is 2.39. The zero-order valence-corrected chi connectivity index (χ0v) is 10.5. The first-order chi connectivity index (χ1) is 7.85. The van der Waals surface area contributed by atoms with Crippen LogP contribution in [0.1, 0.15) is 24.4 Å². The Labute approximate surface area is 109 Å². The van der Waals surface area contributed by atoms with Crippen LogP contribution in [-0.4, -0.2) is 18.4 Å². The molecule has 0 radical (unpaired) electrons. The molecule has 18 heavy (non-hydrogen) atoms. The highest BCUT2D eigenvalue weighted by Gasteiger charge is 2.28.